The molecule has 1 aromatic rings. The third kappa shape index (κ3) is 4.88. The second kappa shape index (κ2) is 9.00. The van der Waals surface area contributed by atoms with Gasteiger partial charge in [0.2, 0.25) is 0 Å². The fourth-order valence-corrected chi connectivity index (χ4v) is 3.10. The van der Waals surface area contributed by atoms with Crippen LogP contribution in [0.1, 0.15) is 13.3 Å². The number of hydrogen-bond acceptors (Lipinski definition) is 3. The first-order valence-electron chi connectivity index (χ1n) is 7.77. The van der Waals surface area contributed by atoms with Crippen molar-refractivity contribution in [1.82, 2.24) is 10.6 Å². The van der Waals surface area contributed by atoms with Gasteiger partial charge in [0, 0.05) is 37.3 Å². The van der Waals surface area contributed by atoms with Crippen molar-refractivity contribution in [2.24, 2.45) is 4.99 Å². The molecule has 0 spiro atoms. The van der Waals surface area contributed by atoms with Crippen LogP contribution in [0.15, 0.2) is 33.7 Å². The van der Waals surface area contributed by atoms with Gasteiger partial charge in [-0.3, -0.25) is 4.99 Å². The van der Waals surface area contributed by atoms with E-state index in [1.165, 1.54) is 5.69 Å². The van der Waals surface area contributed by atoms with Crippen LogP contribution in [-0.2, 0) is 4.74 Å². The molecule has 5 nitrogen and oxygen atoms in total. The summed E-state index contributed by atoms with van der Waals surface area (Å²) in [6.07, 6.45) is 1.11. The molecule has 6 heteroatoms. The summed E-state index contributed by atoms with van der Waals surface area (Å²) in [5.41, 5.74) is 1.26. The summed E-state index contributed by atoms with van der Waals surface area (Å²) in [5, 5.41) is 6.81. The third-order valence-electron chi connectivity index (χ3n) is 3.63. The zero-order chi connectivity index (χ0) is 15.8. The highest BCUT2D eigenvalue weighted by Crippen LogP contribution is 2.28. The smallest absolute Gasteiger partial charge is 0.191 e. The summed E-state index contributed by atoms with van der Waals surface area (Å²) in [6.45, 7) is 6.29. The Hall–Kier alpha value is -1.27. The van der Waals surface area contributed by atoms with E-state index >= 15 is 0 Å². The second-order valence-corrected chi connectivity index (χ2v) is 6.14. The number of anilines is 1. The van der Waals surface area contributed by atoms with Crippen LogP contribution in [-0.4, -0.2) is 51.9 Å². The summed E-state index contributed by atoms with van der Waals surface area (Å²) in [6, 6.07) is 8.78. The Labute approximate surface area is 141 Å². The largest absolute Gasteiger partial charge is 0.383 e. The third-order valence-corrected chi connectivity index (χ3v) is 4.30. The Morgan fingerprint density at radius 2 is 2.27 bits per heavy atom. The highest BCUT2D eigenvalue weighted by molar-refractivity contribution is 9.10. The van der Waals surface area contributed by atoms with Gasteiger partial charge in [0.25, 0.3) is 0 Å². The first kappa shape index (κ1) is 17.1. The molecule has 0 aliphatic carbocycles. The summed E-state index contributed by atoms with van der Waals surface area (Å²) < 4.78 is 6.20. The monoisotopic (exact) mass is 368 g/mol. The Bertz CT molecular complexity index is 495. The molecule has 1 fully saturated rings. The Morgan fingerprint density at radius 3 is 3.00 bits per heavy atom. The minimum absolute atomic E-state index is 0.410. The molecule has 1 saturated heterocycles. The van der Waals surface area contributed by atoms with Crippen molar-refractivity contribution in [2.75, 3.05) is 44.8 Å². The van der Waals surface area contributed by atoms with Gasteiger partial charge in [-0.1, -0.05) is 12.1 Å². The van der Waals surface area contributed by atoms with E-state index in [0.29, 0.717) is 19.2 Å². The number of aliphatic imine (C=N–C) groups is 1. The predicted octanol–water partition coefficient (Wildman–Crippen LogP) is 2.23. The van der Waals surface area contributed by atoms with Crippen molar-refractivity contribution in [2.45, 2.75) is 19.4 Å². The molecule has 1 aromatic carbocycles. The summed E-state index contributed by atoms with van der Waals surface area (Å²) in [4.78, 5) is 6.93. The maximum Gasteiger partial charge on any atom is 0.191 e. The molecule has 1 aliphatic heterocycles. The topological polar surface area (TPSA) is 48.9 Å². The summed E-state index contributed by atoms with van der Waals surface area (Å²) in [5.74, 6) is 0.874. The van der Waals surface area contributed by atoms with Gasteiger partial charge in [-0.25, -0.2) is 0 Å². The van der Waals surface area contributed by atoms with Crippen molar-refractivity contribution < 1.29 is 4.74 Å². The molecule has 1 atom stereocenters. The van der Waals surface area contributed by atoms with Crippen LogP contribution in [0.25, 0.3) is 0 Å². The summed E-state index contributed by atoms with van der Waals surface area (Å²) >= 11 is 3.63. The van der Waals surface area contributed by atoms with Gasteiger partial charge in [0.1, 0.15) is 0 Å². The minimum Gasteiger partial charge on any atom is -0.383 e. The zero-order valence-electron chi connectivity index (χ0n) is 13.3. The molecule has 1 aliphatic rings. The average Bonchev–Trinajstić information content (AvgIpc) is 2.96. The van der Waals surface area contributed by atoms with E-state index in [0.717, 1.165) is 36.5 Å². The Balaban J connectivity index is 1.91. The Morgan fingerprint density at radius 1 is 1.45 bits per heavy atom. The molecule has 0 amide bonds. The molecular weight excluding hydrogens is 344 g/mol. The van der Waals surface area contributed by atoms with Crippen molar-refractivity contribution in [3.05, 3.63) is 28.7 Å². The van der Waals surface area contributed by atoms with E-state index < -0.39 is 0 Å². The van der Waals surface area contributed by atoms with Gasteiger partial charge in [0.15, 0.2) is 5.96 Å². The highest BCUT2D eigenvalue weighted by atomic mass is 79.9. The van der Waals surface area contributed by atoms with Crippen LogP contribution in [0.2, 0.25) is 0 Å². The normalized spacial score (nSPS) is 18.6. The Kier molecular flexibility index (Phi) is 6.99. The maximum atomic E-state index is 5.05. The van der Waals surface area contributed by atoms with Gasteiger partial charge >= 0.3 is 0 Å². The van der Waals surface area contributed by atoms with Crippen LogP contribution in [0.5, 0.6) is 0 Å². The van der Waals surface area contributed by atoms with E-state index in [4.69, 9.17) is 4.74 Å². The number of benzene rings is 1. The van der Waals surface area contributed by atoms with Crippen molar-refractivity contribution >= 4 is 27.6 Å². The van der Waals surface area contributed by atoms with Crippen LogP contribution < -0.4 is 15.5 Å². The van der Waals surface area contributed by atoms with Gasteiger partial charge in [-0.2, -0.15) is 0 Å². The fourth-order valence-electron chi connectivity index (χ4n) is 2.57. The first-order valence-corrected chi connectivity index (χ1v) is 8.57. The molecule has 1 unspecified atom stereocenters. The molecule has 2 rings (SSSR count). The van der Waals surface area contributed by atoms with Crippen LogP contribution >= 0.6 is 15.9 Å². The maximum absolute atomic E-state index is 5.05. The molecule has 0 bridgehead atoms. The fraction of sp³-hybridized carbons (Fsp3) is 0.562. The zero-order valence-corrected chi connectivity index (χ0v) is 14.9. The number of guanidine groups is 1. The standard InChI is InChI=1S/C16H25BrN4O/c1-3-18-16(19-9-11-22-2)20-13-8-10-21(12-13)15-7-5-4-6-14(15)17/h4-7,13H,3,8-12H2,1-2H3,(H2,18,19,20). The quantitative estimate of drug-likeness (QED) is 0.459. The highest BCUT2D eigenvalue weighted by Gasteiger charge is 2.24. The predicted molar refractivity (Wildman–Crippen MR) is 95.8 cm³/mol. The van der Waals surface area contributed by atoms with Crippen LogP contribution in [0, 0.1) is 0 Å². The molecule has 0 aromatic heterocycles. The van der Waals surface area contributed by atoms with Crippen molar-refractivity contribution in [3.63, 3.8) is 0 Å². The van der Waals surface area contributed by atoms with Gasteiger partial charge in [-0.15, -0.1) is 0 Å². The number of hydrogen-bond donors (Lipinski definition) is 2. The molecule has 0 radical (unpaired) electrons. The molecule has 1 heterocycles. The molecule has 22 heavy (non-hydrogen) atoms. The van der Waals surface area contributed by atoms with Gasteiger partial charge < -0.3 is 20.3 Å². The lowest BCUT2D eigenvalue weighted by Gasteiger charge is -2.21. The van der Waals surface area contributed by atoms with Crippen LogP contribution in [0.3, 0.4) is 0 Å². The van der Waals surface area contributed by atoms with E-state index in [1.807, 2.05) is 6.07 Å². The first-order chi connectivity index (χ1) is 10.7. The van der Waals surface area contributed by atoms with Gasteiger partial charge in [-0.05, 0) is 41.4 Å². The molecular formula is C16H25BrN4O. The number of nitrogens with zero attached hydrogens (tertiary/aromatic N) is 2. The number of rotatable bonds is 6. The van der Waals surface area contributed by atoms with E-state index in [-0.39, 0.29) is 0 Å². The van der Waals surface area contributed by atoms with Crippen molar-refractivity contribution in [1.29, 1.82) is 0 Å². The van der Waals surface area contributed by atoms with Gasteiger partial charge in [0.05, 0.1) is 18.8 Å². The van der Waals surface area contributed by atoms with E-state index in [2.05, 4.69) is 61.6 Å². The number of para-hydroxylation sites is 1. The number of ether oxygens (including phenoxy) is 1. The van der Waals surface area contributed by atoms with E-state index in [9.17, 15) is 0 Å². The summed E-state index contributed by atoms with van der Waals surface area (Å²) in [7, 11) is 1.70. The number of nitrogens with one attached hydrogen (secondary N) is 2. The molecule has 0 saturated carbocycles. The van der Waals surface area contributed by atoms with Crippen molar-refractivity contribution in [3.8, 4) is 0 Å². The van der Waals surface area contributed by atoms with Crippen LogP contribution in [0.4, 0.5) is 5.69 Å². The number of halogens is 1. The van der Waals surface area contributed by atoms with E-state index in [1.54, 1.807) is 7.11 Å². The molecule has 2 N–H and O–H groups in total. The lowest BCUT2D eigenvalue weighted by Crippen LogP contribution is -2.44. The second-order valence-electron chi connectivity index (χ2n) is 5.28. The lowest BCUT2D eigenvalue weighted by molar-refractivity contribution is 0.208. The number of methoxy groups -OCH3 is 1. The minimum atomic E-state index is 0.410. The lowest BCUT2D eigenvalue weighted by atomic mass is 10.3. The SMILES string of the molecule is CCNC(=NCCOC)NC1CCN(c2ccccc2Br)C1. The molecule has 122 valence electrons. The average molecular weight is 369 g/mol.